The van der Waals surface area contributed by atoms with Crippen molar-refractivity contribution in [2.24, 2.45) is 0 Å². The molecule has 0 amide bonds. The van der Waals surface area contributed by atoms with Crippen LogP contribution >= 0.6 is 0 Å². The van der Waals surface area contributed by atoms with E-state index >= 15 is 0 Å². The first-order valence-electron chi connectivity index (χ1n) is 13.4. The number of piperidine rings is 2. The highest BCUT2D eigenvalue weighted by molar-refractivity contribution is 6.00. The van der Waals surface area contributed by atoms with E-state index in [9.17, 15) is 9.59 Å². The lowest BCUT2D eigenvalue weighted by Crippen LogP contribution is -2.45. The Morgan fingerprint density at radius 1 is 0.559 bits per heavy atom. The molecule has 2 aliphatic heterocycles. The molecule has 2 aliphatic rings. The first-order chi connectivity index (χ1) is 16.7. The van der Waals surface area contributed by atoms with Gasteiger partial charge in [0.05, 0.1) is 12.1 Å². The van der Waals surface area contributed by atoms with Crippen molar-refractivity contribution in [3.63, 3.8) is 0 Å². The summed E-state index contributed by atoms with van der Waals surface area (Å²) in [6, 6.07) is 19.5. The number of nitrogens with zero attached hydrogens (tertiary/aromatic N) is 2. The van der Waals surface area contributed by atoms with Gasteiger partial charge in [0.15, 0.2) is 11.6 Å². The quantitative estimate of drug-likeness (QED) is 0.304. The highest BCUT2D eigenvalue weighted by Crippen LogP contribution is 2.23. The first-order valence-corrected chi connectivity index (χ1v) is 13.4. The molecule has 0 N–H and O–H groups in total. The fourth-order valence-corrected chi connectivity index (χ4v) is 5.68. The Balaban J connectivity index is 1.39. The van der Waals surface area contributed by atoms with Crippen LogP contribution in [-0.2, 0) is 0 Å². The van der Waals surface area contributed by atoms with Crippen LogP contribution in [0.3, 0.4) is 0 Å². The SMILES string of the molecule is O=C(c1ccccc1)[C@H](CCCC[C@@H](C(=O)c1ccccc1)N1CCCCC1)N1CCCCC1. The second kappa shape index (κ2) is 13.0. The van der Waals surface area contributed by atoms with Gasteiger partial charge in [-0.3, -0.25) is 19.4 Å². The number of hydrogen-bond acceptors (Lipinski definition) is 4. The van der Waals surface area contributed by atoms with Crippen LogP contribution in [0.4, 0.5) is 0 Å². The van der Waals surface area contributed by atoms with E-state index in [1.54, 1.807) is 0 Å². The predicted molar refractivity (Wildman–Crippen MR) is 138 cm³/mol. The van der Waals surface area contributed by atoms with Crippen molar-refractivity contribution >= 4 is 11.6 Å². The van der Waals surface area contributed by atoms with Crippen LogP contribution < -0.4 is 0 Å². The molecule has 0 spiro atoms. The molecule has 0 aliphatic carbocycles. The molecule has 0 saturated carbocycles. The van der Waals surface area contributed by atoms with Gasteiger partial charge in [-0.2, -0.15) is 0 Å². The number of hydrogen-bond donors (Lipinski definition) is 0. The van der Waals surface area contributed by atoms with Gasteiger partial charge in [-0.25, -0.2) is 0 Å². The highest BCUT2D eigenvalue weighted by Gasteiger charge is 2.30. The number of unbranched alkanes of at least 4 members (excludes halogenated alkanes) is 1. The Morgan fingerprint density at radius 3 is 1.26 bits per heavy atom. The van der Waals surface area contributed by atoms with Crippen molar-refractivity contribution < 1.29 is 9.59 Å². The average Bonchev–Trinajstić information content (AvgIpc) is 2.92. The molecule has 2 aromatic carbocycles. The van der Waals surface area contributed by atoms with Gasteiger partial charge in [0.1, 0.15) is 0 Å². The molecule has 2 heterocycles. The van der Waals surface area contributed by atoms with Gasteiger partial charge in [0.2, 0.25) is 0 Å². The van der Waals surface area contributed by atoms with Crippen LogP contribution in [0.2, 0.25) is 0 Å². The van der Waals surface area contributed by atoms with Crippen molar-refractivity contribution in [1.82, 2.24) is 9.80 Å². The Bertz CT molecular complexity index is 811. The summed E-state index contributed by atoms with van der Waals surface area (Å²) in [6.07, 6.45) is 11.0. The lowest BCUT2D eigenvalue weighted by atomic mass is 9.92. The zero-order valence-corrected chi connectivity index (χ0v) is 20.5. The number of benzene rings is 2. The molecule has 2 saturated heterocycles. The van der Waals surface area contributed by atoms with Gasteiger partial charge >= 0.3 is 0 Å². The van der Waals surface area contributed by atoms with Crippen LogP contribution in [0.15, 0.2) is 60.7 Å². The molecule has 0 radical (unpaired) electrons. The molecule has 182 valence electrons. The van der Waals surface area contributed by atoms with E-state index in [0.29, 0.717) is 0 Å². The Hall–Kier alpha value is -2.30. The largest absolute Gasteiger partial charge is 0.293 e. The minimum absolute atomic E-state index is 0.0408. The van der Waals surface area contributed by atoms with Crippen molar-refractivity contribution in [1.29, 1.82) is 0 Å². The number of ketones is 2. The number of carbonyl (C=O) groups excluding carboxylic acids is 2. The maximum atomic E-state index is 13.4. The van der Waals surface area contributed by atoms with Gasteiger partial charge in [0, 0.05) is 11.1 Å². The van der Waals surface area contributed by atoms with Crippen molar-refractivity contribution in [2.45, 2.75) is 76.3 Å². The molecule has 2 atom stereocenters. The normalized spacial score (nSPS) is 19.4. The first kappa shape index (κ1) is 24.8. The van der Waals surface area contributed by atoms with Crippen molar-refractivity contribution in [3.05, 3.63) is 71.8 Å². The molecular weight excluding hydrogens is 420 g/mol. The predicted octanol–water partition coefficient (Wildman–Crippen LogP) is 6.02. The Kier molecular flexibility index (Phi) is 9.46. The van der Waals surface area contributed by atoms with Crippen LogP contribution in [-0.4, -0.2) is 59.6 Å². The molecule has 0 bridgehead atoms. The number of Topliss-reactive ketones (excluding diaryl/α,β-unsaturated/α-hetero) is 2. The molecule has 0 unspecified atom stereocenters. The number of rotatable bonds is 11. The molecule has 34 heavy (non-hydrogen) atoms. The number of likely N-dealkylation sites (tertiary alicyclic amines) is 2. The summed E-state index contributed by atoms with van der Waals surface area (Å²) in [5, 5.41) is 0. The third-order valence-electron chi connectivity index (χ3n) is 7.59. The second-order valence-corrected chi connectivity index (χ2v) is 9.97. The van der Waals surface area contributed by atoms with Crippen LogP contribution in [0.25, 0.3) is 0 Å². The summed E-state index contributed by atoms with van der Waals surface area (Å²) in [7, 11) is 0. The smallest absolute Gasteiger partial charge is 0.179 e. The average molecular weight is 461 g/mol. The molecule has 0 aromatic heterocycles. The van der Waals surface area contributed by atoms with Crippen molar-refractivity contribution in [3.8, 4) is 0 Å². The van der Waals surface area contributed by atoms with E-state index < -0.39 is 0 Å². The zero-order chi connectivity index (χ0) is 23.6. The molecule has 4 rings (SSSR count). The van der Waals surface area contributed by atoms with Gasteiger partial charge < -0.3 is 0 Å². The van der Waals surface area contributed by atoms with E-state index in [0.717, 1.165) is 63.0 Å². The van der Waals surface area contributed by atoms with Crippen LogP contribution in [0.1, 0.15) is 84.9 Å². The van der Waals surface area contributed by atoms with Gasteiger partial charge in [-0.1, -0.05) is 86.3 Å². The summed E-state index contributed by atoms with van der Waals surface area (Å²) in [6.45, 7) is 4.08. The van der Waals surface area contributed by atoms with E-state index in [2.05, 4.69) is 9.80 Å². The van der Waals surface area contributed by atoms with E-state index in [4.69, 9.17) is 0 Å². The summed E-state index contributed by atoms with van der Waals surface area (Å²) in [4.78, 5) is 31.6. The Labute approximate surface area is 205 Å². The van der Waals surface area contributed by atoms with Gasteiger partial charge in [-0.15, -0.1) is 0 Å². The second-order valence-electron chi connectivity index (χ2n) is 9.97. The van der Waals surface area contributed by atoms with E-state index in [1.807, 2.05) is 60.7 Å². The standard InChI is InChI=1S/C30H40N2O2/c33-29(25-15-5-1-6-16-25)27(31-21-11-3-12-22-31)19-9-10-20-28(32-23-13-4-14-24-32)30(34)26-17-7-2-8-18-26/h1-2,5-8,15-18,27-28H,3-4,9-14,19-24H2/t27-,28-/m0/s1. The fourth-order valence-electron chi connectivity index (χ4n) is 5.68. The van der Waals surface area contributed by atoms with Crippen LogP contribution in [0.5, 0.6) is 0 Å². The van der Waals surface area contributed by atoms with Gasteiger partial charge in [0.25, 0.3) is 0 Å². The maximum Gasteiger partial charge on any atom is 0.179 e. The van der Waals surface area contributed by atoms with E-state index in [1.165, 1.54) is 38.5 Å². The molecular formula is C30H40N2O2. The molecule has 4 heteroatoms. The minimum Gasteiger partial charge on any atom is -0.293 e. The van der Waals surface area contributed by atoms with Crippen LogP contribution in [0, 0.1) is 0 Å². The molecule has 2 fully saturated rings. The van der Waals surface area contributed by atoms with Gasteiger partial charge in [-0.05, 0) is 64.7 Å². The summed E-state index contributed by atoms with van der Waals surface area (Å²) in [5.41, 5.74) is 1.65. The lowest BCUT2D eigenvalue weighted by molar-refractivity contribution is 0.0734. The summed E-state index contributed by atoms with van der Waals surface area (Å²) in [5.74, 6) is 0.519. The summed E-state index contributed by atoms with van der Waals surface area (Å²) < 4.78 is 0. The maximum absolute atomic E-state index is 13.4. The minimum atomic E-state index is -0.0408. The van der Waals surface area contributed by atoms with Crippen molar-refractivity contribution in [2.75, 3.05) is 26.2 Å². The van der Waals surface area contributed by atoms with E-state index in [-0.39, 0.29) is 23.7 Å². The molecule has 4 nitrogen and oxygen atoms in total. The fraction of sp³-hybridized carbons (Fsp3) is 0.533. The summed E-state index contributed by atoms with van der Waals surface area (Å²) >= 11 is 0. The monoisotopic (exact) mass is 460 g/mol. The molecule has 2 aromatic rings. The zero-order valence-electron chi connectivity index (χ0n) is 20.5. The number of carbonyl (C=O) groups is 2. The lowest BCUT2D eigenvalue weighted by Gasteiger charge is -2.35. The third-order valence-corrected chi connectivity index (χ3v) is 7.59. The highest BCUT2D eigenvalue weighted by atomic mass is 16.1. The third kappa shape index (κ3) is 6.64. The topological polar surface area (TPSA) is 40.6 Å². The Morgan fingerprint density at radius 2 is 0.912 bits per heavy atom.